The Bertz CT molecular complexity index is 737. The Morgan fingerprint density at radius 1 is 1.40 bits per heavy atom. The number of rotatable bonds is 3. The summed E-state index contributed by atoms with van der Waals surface area (Å²) in [5.74, 6) is 0.126. The summed E-state index contributed by atoms with van der Waals surface area (Å²) in [4.78, 5) is 11.6. The number of hydrogen-bond acceptors (Lipinski definition) is 3. The zero-order valence-corrected chi connectivity index (χ0v) is 11.6. The van der Waals surface area contributed by atoms with Gasteiger partial charge in [-0.2, -0.15) is 0 Å². The number of allylic oxidation sites excluding steroid dienone is 3. The Kier molecular flexibility index (Phi) is 3.14. The number of fused-ring (bicyclic) bond motifs is 1. The Labute approximate surface area is 117 Å². The highest BCUT2D eigenvalue weighted by molar-refractivity contribution is 6.17. The van der Waals surface area contributed by atoms with Crippen LogP contribution in [0.5, 0.6) is 0 Å². The van der Waals surface area contributed by atoms with Crippen molar-refractivity contribution < 1.29 is 5.11 Å². The molecule has 102 valence electrons. The third-order valence-electron chi connectivity index (χ3n) is 3.72. The average molecular weight is 266 g/mol. The van der Waals surface area contributed by atoms with Gasteiger partial charge < -0.3 is 10.1 Å². The van der Waals surface area contributed by atoms with Gasteiger partial charge in [0.1, 0.15) is 5.65 Å². The van der Waals surface area contributed by atoms with Crippen LogP contribution in [0.1, 0.15) is 25.8 Å². The second-order valence-electron chi connectivity index (χ2n) is 5.02. The number of aromatic amines is 1. The molecule has 4 heteroatoms. The first-order chi connectivity index (χ1) is 9.70. The van der Waals surface area contributed by atoms with Crippen LogP contribution >= 0.6 is 0 Å². The topological polar surface area (TPSA) is 64.1 Å². The molecule has 0 fully saturated rings. The van der Waals surface area contributed by atoms with Crippen LogP contribution in [0.4, 0.5) is 0 Å². The van der Waals surface area contributed by atoms with Crippen LogP contribution in [0.2, 0.25) is 0 Å². The maximum atomic E-state index is 12.2. The molecule has 4 nitrogen and oxygen atoms in total. The Morgan fingerprint density at radius 2 is 2.25 bits per heavy atom. The van der Waals surface area contributed by atoms with Crippen LogP contribution < -0.4 is 5.11 Å². The zero-order valence-electron chi connectivity index (χ0n) is 11.6. The van der Waals surface area contributed by atoms with E-state index in [4.69, 9.17) is 0 Å². The third-order valence-corrected chi connectivity index (χ3v) is 3.72. The summed E-state index contributed by atoms with van der Waals surface area (Å²) < 4.78 is 0. The maximum Gasteiger partial charge on any atom is 0.137 e. The number of aromatic nitrogens is 2. The molecular weight excluding hydrogens is 250 g/mol. The van der Waals surface area contributed by atoms with E-state index in [1.165, 1.54) is 0 Å². The molecule has 0 saturated heterocycles. The van der Waals surface area contributed by atoms with Gasteiger partial charge in [0.15, 0.2) is 0 Å². The fraction of sp³-hybridized carbons (Fsp3) is 0.250. The van der Waals surface area contributed by atoms with Crippen molar-refractivity contribution in [3.05, 3.63) is 47.6 Å². The number of H-pyrrole nitrogens is 1. The molecule has 1 aliphatic heterocycles. The van der Waals surface area contributed by atoms with Gasteiger partial charge in [-0.1, -0.05) is 20.3 Å². The fourth-order valence-corrected chi connectivity index (χ4v) is 2.29. The molecule has 20 heavy (non-hydrogen) atoms. The predicted molar refractivity (Wildman–Crippen MR) is 79.0 cm³/mol. The molecule has 1 aliphatic rings. The summed E-state index contributed by atoms with van der Waals surface area (Å²) >= 11 is 0. The zero-order chi connectivity index (χ0) is 14.1. The van der Waals surface area contributed by atoms with E-state index in [0.717, 1.165) is 28.6 Å². The molecular formula is C16H16N3O-. The van der Waals surface area contributed by atoms with E-state index < -0.39 is 0 Å². The van der Waals surface area contributed by atoms with E-state index in [2.05, 4.69) is 15.0 Å². The van der Waals surface area contributed by atoms with E-state index in [1.807, 2.05) is 38.3 Å². The molecule has 0 bridgehead atoms. The molecule has 2 aromatic heterocycles. The highest BCUT2D eigenvalue weighted by atomic mass is 16.3. The highest BCUT2D eigenvalue weighted by Crippen LogP contribution is 2.28. The number of hydrogen-bond donors (Lipinski definition) is 1. The molecule has 0 radical (unpaired) electrons. The molecule has 1 N–H and O–H groups in total. The van der Waals surface area contributed by atoms with Gasteiger partial charge in [0.25, 0.3) is 0 Å². The van der Waals surface area contributed by atoms with Gasteiger partial charge in [-0.15, -0.1) is 5.76 Å². The maximum absolute atomic E-state index is 12.2. The monoisotopic (exact) mass is 266 g/mol. The van der Waals surface area contributed by atoms with Crippen molar-refractivity contribution in [1.29, 1.82) is 0 Å². The van der Waals surface area contributed by atoms with Gasteiger partial charge in [0.05, 0.1) is 5.70 Å². The third kappa shape index (κ3) is 2.03. The SMILES string of the molecule is CCC(C)C([O-])=C1C=C(c2ccnc3[nH]ccc23)C=N1. The van der Waals surface area contributed by atoms with E-state index in [-0.39, 0.29) is 11.7 Å². The number of nitrogens with one attached hydrogen (secondary N) is 1. The van der Waals surface area contributed by atoms with Crippen molar-refractivity contribution in [3.63, 3.8) is 0 Å². The summed E-state index contributed by atoms with van der Waals surface area (Å²) in [7, 11) is 0. The van der Waals surface area contributed by atoms with Crippen LogP contribution in [-0.4, -0.2) is 16.2 Å². The van der Waals surface area contributed by atoms with E-state index in [1.54, 1.807) is 12.4 Å². The average Bonchev–Trinajstić information content (AvgIpc) is 3.13. The van der Waals surface area contributed by atoms with Crippen molar-refractivity contribution in [1.82, 2.24) is 9.97 Å². The van der Waals surface area contributed by atoms with Gasteiger partial charge in [-0.25, -0.2) is 4.98 Å². The van der Waals surface area contributed by atoms with Crippen molar-refractivity contribution in [2.45, 2.75) is 20.3 Å². The van der Waals surface area contributed by atoms with Crippen LogP contribution in [0.25, 0.3) is 16.6 Å². The number of aliphatic imine (C=N–C) groups is 1. The standard InChI is InChI=1S/C16H17N3O/c1-3-10(2)15(20)14-8-11(9-19-14)12-4-6-17-16-13(12)5-7-18-16/h4-10,20H,3H2,1-2H3,(H,17,18)/p-1. The summed E-state index contributed by atoms with van der Waals surface area (Å²) in [6, 6.07) is 3.94. The second kappa shape index (κ2) is 4.96. The molecule has 2 aromatic rings. The van der Waals surface area contributed by atoms with Crippen molar-refractivity contribution >= 4 is 22.8 Å². The van der Waals surface area contributed by atoms with Crippen LogP contribution in [0, 0.1) is 5.92 Å². The molecule has 0 amide bonds. The lowest BCUT2D eigenvalue weighted by Crippen LogP contribution is -2.14. The minimum absolute atomic E-state index is 0.0162. The minimum Gasteiger partial charge on any atom is -0.874 e. The van der Waals surface area contributed by atoms with Gasteiger partial charge in [0, 0.05) is 29.6 Å². The number of nitrogens with zero attached hydrogens (tertiary/aromatic N) is 2. The van der Waals surface area contributed by atoms with Crippen molar-refractivity contribution in [2.75, 3.05) is 0 Å². The first-order valence-corrected chi connectivity index (χ1v) is 6.80. The van der Waals surface area contributed by atoms with Gasteiger partial charge in [0.2, 0.25) is 0 Å². The summed E-state index contributed by atoms with van der Waals surface area (Å²) in [5.41, 5.74) is 3.41. The molecule has 3 heterocycles. The lowest BCUT2D eigenvalue weighted by Gasteiger charge is -2.19. The first-order valence-electron chi connectivity index (χ1n) is 6.80. The van der Waals surface area contributed by atoms with Crippen LogP contribution in [0.15, 0.2) is 47.1 Å². The Hall–Kier alpha value is -2.36. The molecule has 1 atom stereocenters. The Balaban J connectivity index is 2.05. The second-order valence-corrected chi connectivity index (χ2v) is 5.02. The van der Waals surface area contributed by atoms with Gasteiger partial charge in [-0.05, 0) is 29.7 Å². The van der Waals surface area contributed by atoms with E-state index in [0.29, 0.717) is 5.70 Å². The molecule has 1 unspecified atom stereocenters. The quantitative estimate of drug-likeness (QED) is 0.868. The molecule has 0 saturated carbocycles. The minimum atomic E-state index is 0.0162. The first kappa shape index (κ1) is 12.7. The van der Waals surface area contributed by atoms with Crippen LogP contribution in [0.3, 0.4) is 0 Å². The fourth-order valence-electron chi connectivity index (χ4n) is 2.29. The van der Waals surface area contributed by atoms with Crippen molar-refractivity contribution in [3.8, 4) is 0 Å². The number of pyridine rings is 1. The predicted octanol–water partition coefficient (Wildman–Crippen LogP) is 2.65. The van der Waals surface area contributed by atoms with Gasteiger partial charge >= 0.3 is 0 Å². The largest absolute Gasteiger partial charge is 0.874 e. The van der Waals surface area contributed by atoms with Gasteiger partial charge in [-0.3, -0.25) is 4.99 Å². The lowest BCUT2D eigenvalue weighted by molar-refractivity contribution is -0.315. The molecule has 0 spiro atoms. The summed E-state index contributed by atoms with van der Waals surface area (Å²) in [6.07, 6.45) is 8.09. The molecule has 0 aliphatic carbocycles. The van der Waals surface area contributed by atoms with E-state index in [9.17, 15) is 5.11 Å². The van der Waals surface area contributed by atoms with E-state index >= 15 is 0 Å². The lowest BCUT2D eigenvalue weighted by atomic mass is 10.0. The summed E-state index contributed by atoms with van der Waals surface area (Å²) in [6.45, 7) is 3.95. The molecule has 0 aromatic carbocycles. The Morgan fingerprint density at radius 3 is 3.05 bits per heavy atom. The summed E-state index contributed by atoms with van der Waals surface area (Å²) in [5, 5.41) is 13.2. The molecule has 3 rings (SSSR count). The normalized spacial score (nSPS) is 18.4. The van der Waals surface area contributed by atoms with Crippen LogP contribution in [-0.2, 0) is 0 Å². The highest BCUT2D eigenvalue weighted by Gasteiger charge is 2.12. The smallest absolute Gasteiger partial charge is 0.137 e. The van der Waals surface area contributed by atoms with Crippen molar-refractivity contribution in [2.24, 2.45) is 10.9 Å².